The number of phenols is 1. The molecule has 0 saturated carbocycles. The maximum Gasteiger partial charge on any atom is 0.115 e. The average Bonchev–Trinajstić information content (AvgIpc) is 2.54. The molecule has 120 valence electrons. The normalized spacial score (nSPS) is 11.4. The van der Waals surface area contributed by atoms with Gasteiger partial charge in [0.1, 0.15) is 5.75 Å². The molecule has 2 rings (SSSR count). The van der Waals surface area contributed by atoms with Gasteiger partial charge >= 0.3 is 0 Å². The summed E-state index contributed by atoms with van der Waals surface area (Å²) in [7, 11) is 0. The van der Waals surface area contributed by atoms with Gasteiger partial charge in [0.2, 0.25) is 0 Å². The number of hydrogen-bond acceptors (Lipinski definition) is 2. The van der Waals surface area contributed by atoms with Gasteiger partial charge in [0.25, 0.3) is 0 Å². The van der Waals surface area contributed by atoms with Crippen LogP contribution in [0.5, 0.6) is 5.75 Å². The molecule has 2 heteroatoms. The Morgan fingerprint density at radius 1 is 0.909 bits per heavy atom. The molecule has 0 spiro atoms. The molecule has 0 aliphatic carbocycles. The van der Waals surface area contributed by atoms with Crippen molar-refractivity contribution in [2.75, 3.05) is 6.54 Å². The lowest BCUT2D eigenvalue weighted by molar-refractivity contribution is 0.475. The standard InChI is InChI=1S/C14H23N.C6H6O/c1-3-4-8-11-15-13(2)12-14-9-6-5-7-10-14;7-6-4-2-1-3-5-6/h5-7,9-10,13,15H,3-4,8,11-12H2,1-2H3;1-5,7H. The largest absolute Gasteiger partial charge is 0.508 e. The third kappa shape index (κ3) is 9.19. The van der Waals surface area contributed by atoms with Crippen molar-refractivity contribution in [1.82, 2.24) is 5.32 Å². The summed E-state index contributed by atoms with van der Waals surface area (Å²) < 4.78 is 0. The molecule has 0 heterocycles. The van der Waals surface area contributed by atoms with Gasteiger partial charge in [-0.15, -0.1) is 0 Å². The molecule has 0 bridgehead atoms. The van der Waals surface area contributed by atoms with Gasteiger partial charge in [-0.05, 0) is 44.0 Å². The predicted octanol–water partition coefficient (Wildman–Crippen LogP) is 4.79. The topological polar surface area (TPSA) is 32.3 Å². The quantitative estimate of drug-likeness (QED) is 0.720. The zero-order chi connectivity index (χ0) is 16.0. The third-order valence-electron chi connectivity index (χ3n) is 3.41. The van der Waals surface area contributed by atoms with Crippen LogP contribution in [0.2, 0.25) is 0 Å². The number of aromatic hydroxyl groups is 1. The van der Waals surface area contributed by atoms with E-state index in [0.717, 1.165) is 13.0 Å². The second kappa shape index (κ2) is 11.8. The molecule has 22 heavy (non-hydrogen) atoms. The summed E-state index contributed by atoms with van der Waals surface area (Å²) in [5.41, 5.74) is 1.42. The van der Waals surface area contributed by atoms with Crippen LogP contribution in [0.4, 0.5) is 0 Å². The van der Waals surface area contributed by atoms with Gasteiger partial charge in [0, 0.05) is 6.04 Å². The highest BCUT2D eigenvalue weighted by Gasteiger charge is 2.01. The van der Waals surface area contributed by atoms with Crippen LogP contribution in [0, 0.1) is 0 Å². The monoisotopic (exact) mass is 299 g/mol. The Kier molecular flexibility index (Phi) is 9.80. The molecule has 1 atom stereocenters. The van der Waals surface area contributed by atoms with Gasteiger partial charge in [0.05, 0.1) is 0 Å². The fourth-order valence-electron chi connectivity index (χ4n) is 2.19. The summed E-state index contributed by atoms with van der Waals surface area (Å²) in [5, 5.41) is 12.2. The fourth-order valence-corrected chi connectivity index (χ4v) is 2.19. The van der Waals surface area contributed by atoms with E-state index in [1.165, 1.54) is 24.8 Å². The van der Waals surface area contributed by atoms with Crippen LogP contribution in [0.15, 0.2) is 60.7 Å². The molecule has 0 aliphatic rings. The molecule has 0 saturated heterocycles. The smallest absolute Gasteiger partial charge is 0.115 e. The van der Waals surface area contributed by atoms with Crippen molar-refractivity contribution < 1.29 is 5.11 Å². The molecule has 0 aliphatic heterocycles. The number of rotatable bonds is 7. The van der Waals surface area contributed by atoms with Crippen molar-refractivity contribution in [3.05, 3.63) is 66.2 Å². The first kappa shape index (κ1) is 18.2. The Hall–Kier alpha value is -1.80. The molecule has 0 amide bonds. The Labute approximate surface area is 135 Å². The van der Waals surface area contributed by atoms with Gasteiger partial charge in [-0.3, -0.25) is 0 Å². The Morgan fingerprint density at radius 3 is 2.00 bits per heavy atom. The van der Waals surface area contributed by atoms with Crippen molar-refractivity contribution in [1.29, 1.82) is 0 Å². The van der Waals surface area contributed by atoms with E-state index in [2.05, 4.69) is 49.5 Å². The maximum absolute atomic E-state index is 8.63. The molecular formula is C20H29NO. The van der Waals surface area contributed by atoms with Gasteiger partial charge in [0.15, 0.2) is 0 Å². The molecule has 2 nitrogen and oxygen atoms in total. The number of para-hydroxylation sites is 1. The van der Waals surface area contributed by atoms with E-state index in [9.17, 15) is 0 Å². The van der Waals surface area contributed by atoms with Crippen LogP contribution >= 0.6 is 0 Å². The number of benzene rings is 2. The van der Waals surface area contributed by atoms with Crippen molar-refractivity contribution in [3.8, 4) is 5.75 Å². The van der Waals surface area contributed by atoms with Gasteiger partial charge in [-0.1, -0.05) is 68.3 Å². The highest BCUT2D eigenvalue weighted by Crippen LogP contribution is 2.03. The second-order valence-electron chi connectivity index (χ2n) is 5.59. The van der Waals surface area contributed by atoms with Crippen LogP contribution in [0.1, 0.15) is 38.7 Å². The summed E-state index contributed by atoms with van der Waals surface area (Å²) >= 11 is 0. The van der Waals surface area contributed by atoms with E-state index < -0.39 is 0 Å². The lowest BCUT2D eigenvalue weighted by Crippen LogP contribution is -2.28. The van der Waals surface area contributed by atoms with Gasteiger partial charge in [-0.2, -0.15) is 0 Å². The summed E-state index contributed by atoms with van der Waals surface area (Å²) in [6, 6.07) is 20.0. The first-order valence-corrected chi connectivity index (χ1v) is 8.23. The van der Waals surface area contributed by atoms with E-state index in [-0.39, 0.29) is 0 Å². The summed E-state index contributed by atoms with van der Waals surface area (Å²) in [6.07, 6.45) is 5.07. The Morgan fingerprint density at radius 2 is 1.50 bits per heavy atom. The van der Waals surface area contributed by atoms with E-state index in [0.29, 0.717) is 11.8 Å². The highest BCUT2D eigenvalue weighted by atomic mass is 16.3. The molecule has 1 unspecified atom stereocenters. The lowest BCUT2D eigenvalue weighted by Gasteiger charge is -2.13. The Balaban J connectivity index is 0.000000287. The average molecular weight is 299 g/mol. The molecule has 2 aromatic carbocycles. The van der Waals surface area contributed by atoms with Crippen molar-refractivity contribution in [3.63, 3.8) is 0 Å². The third-order valence-corrected chi connectivity index (χ3v) is 3.41. The van der Waals surface area contributed by atoms with E-state index in [4.69, 9.17) is 5.11 Å². The van der Waals surface area contributed by atoms with Crippen LogP contribution in [0.3, 0.4) is 0 Å². The van der Waals surface area contributed by atoms with Crippen molar-refractivity contribution in [2.45, 2.75) is 45.6 Å². The second-order valence-corrected chi connectivity index (χ2v) is 5.59. The fraction of sp³-hybridized carbons (Fsp3) is 0.400. The molecule has 0 fully saturated rings. The number of hydrogen-bond donors (Lipinski definition) is 2. The van der Waals surface area contributed by atoms with Crippen LogP contribution in [0.25, 0.3) is 0 Å². The zero-order valence-electron chi connectivity index (χ0n) is 13.8. The first-order valence-electron chi connectivity index (χ1n) is 8.23. The molecule has 0 radical (unpaired) electrons. The van der Waals surface area contributed by atoms with E-state index in [1.54, 1.807) is 24.3 Å². The SMILES string of the molecule is CCCCCNC(C)Cc1ccccc1.Oc1ccccc1. The Bertz CT molecular complexity index is 470. The zero-order valence-corrected chi connectivity index (χ0v) is 13.8. The van der Waals surface area contributed by atoms with Crippen molar-refractivity contribution in [2.24, 2.45) is 0 Å². The number of unbranched alkanes of at least 4 members (excludes halogenated alkanes) is 2. The maximum atomic E-state index is 8.63. The summed E-state index contributed by atoms with van der Waals surface area (Å²) in [4.78, 5) is 0. The van der Waals surface area contributed by atoms with Gasteiger partial charge < -0.3 is 10.4 Å². The van der Waals surface area contributed by atoms with Crippen LogP contribution in [-0.4, -0.2) is 17.7 Å². The number of phenolic OH excluding ortho intramolecular Hbond substituents is 1. The van der Waals surface area contributed by atoms with E-state index >= 15 is 0 Å². The molecule has 2 aromatic rings. The van der Waals surface area contributed by atoms with Crippen LogP contribution in [-0.2, 0) is 6.42 Å². The summed E-state index contributed by atoms with van der Waals surface area (Å²) in [5.74, 6) is 0.322. The minimum atomic E-state index is 0.322. The first-order chi connectivity index (χ1) is 10.7. The summed E-state index contributed by atoms with van der Waals surface area (Å²) in [6.45, 7) is 5.66. The number of nitrogens with one attached hydrogen (secondary N) is 1. The van der Waals surface area contributed by atoms with E-state index in [1.807, 2.05) is 6.07 Å². The van der Waals surface area contributed by atoms with Gasteiger partial charge in [-0.25, -0.2) is 0 Å². The minimum absolute atomic E-state index is 0.322. The highest BCUT2D eigenvalue weighted by molar-refractivity contribution is 5.18. The molecule has 0 aromatic heterocycles. The van der Waals surface area contributed by atoms with Crippen LogP contribution < -0.4 is 5.32 Å². The lowest BCUT2D eigenvalue weighted by atomic mass is 10.1. The minimum Gasteiger partial charge on any atom is -0.508 e. The van der Waals surface area contributed by atoms with Crippen molar-refractivity contribution >= 4 is 0 Å². The molecule has 2 N–H and O–H groups in total. The molecular weight excluding hydrogens is 270 g/mol. The predicted molar refractivity (Wildman–Crippen MR) is 95.2 cm³/mol.